The summed E-state index contributed by atoms with van der Waals surface area (Å²) in [5.41, 5.74) is 5.75. The fourth-order valence-electron chi connectivity index (χ4n) is 2.27. The maximum Gasteiger partial charge on any atom is 0.188 e. The van der Waals surface area contributed by atoms with Gasteiger partial charge in [0.05, 0.1) is 6.10 Å². The van der Waals surface area contributed by atoms with Crippen LogP contribution in [0, 0.1) is 11.3 Å². The molecule has 0 spiro atoms. The Kier molecular flexibility index (Phi) is 3.10. The second kappa shape index (κ2) is 4.24. The summed E-state index contributed by atoms with van der Waals surface area (Å²) in [4.78, 5) is 4.36. The predicted octanol–water partition coefficient (Wildman–Crippen LogP) is 0.850. The standard InChI is InChI=1S/C12H23N3O/c1-12(2)9(6-10(12)16)15-11(13)14-7-8-4-3-5-8/h8-10,16H,3-7H2,1-2H3,(H3,13,14,15). The molecule has 2 rings (SSSR count). The molecule has 0 aromatic heterocycles. The van der Waals surface area contributed by atoms with Crippen LogP contribution < -0.4 is 11.1 Å². The Morgan fingerprint density at radius 3 is 2.62 bits per heavy atom. The number of aliphatic hydroxyl groups is 1. The monoisotopic (exact) mass is 225 g/mol. The lowest BCUT2D eigenvalue weighted by molar-refractivity contribution is -0.0660. The molecule has 0 aromatic carbocycles. The Morgan fingerprint density at radius 1 is 1.50 bits per heavy atom. The molecule has 0 bridgehead atoms. The molecule has 0 aliphatic heterocycles. The molecule has 92 valence electrons. The Balaban J connectivity index is 1.76. The van der Waals surface area contributed by atoms with Gasteiger partial charge in [0.25, 0.3) is 0 Å². The van der Waals surface area contributed by atoms with E-state index in [0.29, 0.717) is 5.96 Å². The molecule has 2 fully saturated rings. The fourth-order valence-corrected chi connectivity index (χ4v) is 2.27. The van der Waals surface area contributed by atoms with Crippen molar-refractivity contribution in [2.75, 3.05) is 6.54 Å². The van der Waals surface area contributed by atoms with Gasteiger partial charge in [0, 0.05) is 18.0 Å². The zero-order valence-corrected chi connectivity index (χ0v) is 10.2. The molecule has 16 heavy (non-hydrogen) atoms. The van der Waals surface area contributed by atoms with Crippen LogP contribution in [-0.2, 0) is 0 Å². The Bertz CT molecular complexity index is 284. The Hall–Kier alpha value is -0.770. The minimum atomic E-state index is -0.218. The second-order valence-electron chi connectivity index (χ2n) is 5.79. The molecule has 2 saturated carbocycles. The van der Waals surface area contributed by atoms with Crippen molar-refractivity contribution in [2.45, 2.75) is 51.7 Å². The van der Waals surface area contributed by atoms with E-state index >= 15 is 0 Å². The summed E-state index contributed by atoms with van der Waals surface area (Å²) in [5.74, 6) is 1.29. The summed E-state index contributed by atoms with van der Waals surface area (Å²) >= 11 is 0. The number of nitrogens with one attached hydrogen (secondary N) is 1. The van der Waals surface area contributed by atoms with Crippen molar-refractivity contribution >= 4 is 5.96 Å². The molecule has 2 unspecified atom stereocenters. The average Bonchev–Trinajstić information content (AvgIpc) is 2.15. The highest BCUT2D eigenvalue weighted by Gasteiger charge is 2.47. The van der Waals surface area contributed by atoms with Crippen LogP contribution >= 0.6 is 0 Å². The van der Waals surface area contributed by atoms with Crippen LogP contribution in [0.5, 0.6) is 0 Å². The summed E-state index contributed by atoms with van der Waals surface area (Å²) in [6, 6.07) is 0.257. The SMILES string of the molecule is CC1(C)C(O)CC1NC(N)=NCC1CCC1. The topological polar surface area (TPSA) is 70.6 Å². The Labute approximate surface area is 97.3 Å². The number of aliphatic imine (C=N–C) groups is 1. The van der Waals surface area contributed by atoms with E-state index in [2.05, 4.69) is 24.2 Å². The van der Waals surface area contributed by atoms with Crippen molar-refractivity contribution in [3.63, 3.8) is 0 Å². The van der Waals surface area contributed by atoms with Gasteiger partial charge in [-0.05, 0) is 25.2 Å². The predicted molar refractivity (Wildman–Crippen MR) is 65.2 cm³/mol. The molecule has 2 aliphatic rings. The Morgan fingerprint density at radius 2 is 2.19 bits per heavy atom. The number of hydrogen-bond acceptors (Lipinski definition) is 2. The van der Waals surface area contributed by atoms with E-state index < -0.39 is 0 Å². The van der Waals surface area contributed by atoms with Crippen molar-refractivity contribution < 1.29 is 5.11 Å². The molecule has 0 saturated heterocycles. The first-order valence-electron chi connectivity index (χ1n) is 6.24. The third kappa shape index (κ3) is 2.17. The largest absolute Gasteiger partial charge is 0.392 e. The number of nitrogens with zero attached hydrogens (tertiary/aromatic N) is 1. The summed E-state index contributed by atoms with van der Waals surface area (Å²) in [6.07, 6.45) is 4.49. The number of aliphatic hydroxyl groups excluding tert-OH is 1. The van der Waals surface area contributed by atoms with E-state index in [1.54, 1.807) is 0 Å². The quantitative estimate of drug-likeness (QED) is 0.492. The zero-order chi connectivity index (χ0) is 11.8. The number of hydrogen-bond donors (Lipinski definition) is 3. The molecule has 0 aromatic rings. The van der Waals surface area contributed by atoms with Gasteiger partial charge < -0.3 is 16.2 Å². The summed E-state index contributed by atoms with van der Waals surface area (Å²) in [5, 5.41) is 12.8. The van der Waals surface area contributed by atoms with Crippen molar-refractivity contribution in [2.24, 2.45) is 22.1 Å². The smallest absolute Gasteiger partial charge is 0.188 e. The van der Waals surface area contributed by atoms with Gasteiger partial charge in [-0.15, -0.1) is 0 Å². The molecule has 4 nitrogen and oxygen atoms in total. The van der Waals surface area contributed by atoms with Gasteiger partial charge in [-0.25, -0.2) is 0 Å². The maximum absolute atomic E-state index is 9.60. The van der Waals surface area contributed by atoms with Gasteiger partial charge in [-0.2, -0.15) is 0 Å². The molecule has 2 atom stereocenters. The maximum atomic E-state index is 9.60. The van der Waals surface area contributed by atoms with Crippen LogP contribution in [0.4, 0.5) is 0 Å². The highest BCUT2D eigenvalue weighted by molar-refractivity contribution is 5.78. The third-order valence-electron chi connectivity index (χ3n) is 4.28. The van der Waals surface area contributed by atoms with Gasteiger partial charge >= 0.3 is 0 Å². The number of guanidine groups is 1. The van der Waals surface area contributed by atoms with Gasteiger partial charge in [0.15, 0.2) is 5.96 Å². The number of rotatable bonds is 3. The van der Waals surface area contributed by atoms with E-state index in [1.165, 1.54) is 19.3 Å². The molecule has 0 radical (unpaired) electrons. The minimum absolute atomic E-state index is 0.0867. The van der Waals surface area contributed by atoms with Gasteiger partial charge in [-0.1, -0.05) is 20.3 Å². The third-order valence-corrected chi connectivity index (χ3v) is 4.28. The van der Waals surface area contributed by atoms with Crippen molar-refractivity contribution in [1.82, 2.24) is 5.32 Å². The molecule has 4 N–H and O–H groups in total. The normalized spacial score (nSPS) is 34.1. The number of nitrogens with two attached hydrogens (primary N) is 1. The van der Waals surface area contributed by atoms with Crippen LogP contribution in [0.3, 0.4) is 0 Å². The van der Waals surface area contributed by atoms with Crippen LogP contribution in [0.25, 0.3) is 0 Å². The average molecular weight is 225 g/mol. The van der Waals surface area contributed by atoms with Crippen LogP contribution in [0.15, 0.2) is 4.99 Å². The molecule has 0 heterocycles. The first kappa shape index (κ1) is 11.7. The zero-order valence-electron chi connectivity index (χ0n) is 10.2. The summed E-state index contributed by atoms with van der Waals surface area (Å²) in [7, 11) is 0. The lowest BCUT2D eigenvalue weighted by Gasteiger charge is -2.49. The van der Waals surface area contributed by atoms with Gasteiger partial charge in [0.1, 0.15) is 0 Å². The minimum Gasteiger partial charge on any atom is -0.392 e. The van der Waals surface area contributed by atoms with Crippen LogP contribution in [0.1, 0.15) is 39.5 Å². The molecule has 2 aliphatic carbocycles. The highest BCUT2D eigenvalue weighted by atomic mass is 16.3. The molecular weight excluding hydrogens is 202 g/mol. The van der Waals surface area contributed by atoms with E-state index in [-0.39, 0.29) is 17.6 Å². The first-order valence-corrected chi connectivity index (χ1v) is 6.24. The summed E-state index contributed by atoms with van der Waals surface area (Å²) in [6.45, 7) is 4.96. The van der Waals surface area contributed by atoms with E-state index in [0.717, 1.165) is 18.9 Å². The highest BCUT2D eigenvalue weighted by Crippen LogP contribution is 2.40. The fraction of sp³-hybridized carbons (Fsp3) is 0.917. The van der Waals surface area contributed by atoms with E-state index in [4.69, 9.17) is 5.73 Å². The van der Waals surface area contributed by atoms with Crippen molar-refractivity contribution in [3.8, 4) is 0 Å². The first-order chi connectivity index (χ1) is 7.50. The van der Waals surface area contributed by atoms with Crippen LogP contribution in [0.2, 0.25) is 0 Å². The van der Waals surface area contributed by atoms with Gasteiger partial charge in [0.2, 0.25) is 0 Å². The molecule has 0 amide bonds. The molecular formula is C12H23N3O. The van der Waals surface area contributed by atoms with E-state index in [1.807, 2.05) is 0 Å². The van der Waals surface area contributed by atoms with Gasteiger partial charge in [-0.3, -0.25) is 4.99 Å². The lowest BCUT2D eigenvalue weighted by atomic mass is 9.64. The van der Waals surface area contributed by atoms with E-state index in [9.17, 15) is 5.11 Å². The summed E-state index contributed by atoms with van der Waals surface area (Å²) < 4.78 is 0. The van der Waals surface area contributed by atoms with Crippen molar-refractivity contribution in [3.05, 3.63) is 0 Å². The lowest BCUT2D eigenvalue weighted by Crippen LogP contribution is -2.62. The van der Waals surface area contributed by atoms with Crippen LogP contribution in [-0.4, -0.2) is 29.8 Å². The second-order valence-corrected chi connectivity index (χ2v) is 5.79. The van der Waals surface area contributed by atoms with Crippen molar-refractivity contribution in [1.29, 1.82) is 0 Å². The molecule has 4 heteroatoms.